The summed E-state index contributed by atoms with van der Waals surface area (Å²) >= 11 is 0. The van der Waals surface area contributed by atoms with Crippen LogP contribution in [0.25, 0.3) is 38.6 Å². The van der Waals surface area contributed by atoms with E-state index in [1.54, 1.807) is 0 Å². The van der Waals surface area contributed by atoms with Crippen molar-refractivity contribution in [2.45, 2.75) is 20.8 Å². The molecule has 3 heteroatoms. The number of hydrogen-bond donors (Lipinski definition) is 0. The van der Waals surface area contributed by atoms with E-state index in [0.29, 0.717) is 0 Å². The molecule has 3 nitrogen and oxygen atoms in total. The van der Waals surface area contributed by atoms with Crippen molar-refractivity contribution in [2.24, 2.45) is 0 Å². The summed E-state index contributed by atoms with van der Waals surface area (Å²) in [5.74, 6) is 0. The third kappa shape index (κ3) is 2.51. The molecule has 3 aromatic heterocycles. The number of aromatic nitrogens is 3. The molecule has 0 aliphatic rings. The molecular weight excluding hydrogens is 342 g/mol. The minimum atomic E-state index is 1.13. The Labute approximate surface area is 164 Å². The van der Waals surface area contributed by atoms with Crippen LogP contribution in [0.4, 0.5) is 0 Å². The normalized spacial score (nSPS) is 11.4. The fraction of sp³-hybridized carbons (Fsp3) is 0.120. The number of aryl methyl sites for hydroxylation is 3. The zero-order valence-corrected chi connectivity index (χ0v) is 16.3. The van der Waals surface area contributed by atoms with Crippen LogP contribution in [0.3, 0.4) is 0 Å². The van der Waals surface area contributed by atoms with Gasteiger partial charge in [-0.1, -0.05) is 29.8 Å². The molecule has 0 bridgehead atoms. The van der Waals surface area contributed by atoms with Gasteiger partial charge in [0.25, 0.3) is 0 Å². The standard InChI is InChI=1S/C25H21N3/c1-16-4-5-17(2)21(12-16)20-7-6-19(13-18(20)3)28-24-8-10-26-14-22(24)23-15-27-11-9-25(23)28/h4-15H,1-3H3. The maximum Gasteiger partial charge on any atom is 0.0572 e. The molecule has 3 heterocycles. The average Bonchev–Trinajstić information content (AvgIpc) is 3.04. The second-order valence-corrected chi connectivity index (χ2v) is 7.44. The van der Waals surface area contributed by atoms with Crippen LogP contribution in [-0.2, 0) is 0 Å². The van der Waals surface area contributed by atoms with Gasteiger partial charge in [-0.2, -0.15) is 0 Å². The lowest BCUT2D eigenvalue weighted by Crippen LogP contribution is -1.96. The first-order chi connectivity index (χ1) is 13.6. The predicted molar refractivity (Wildman–Crippen MR) is 116 cm³/mol. The van der Waals surface area contributed by atoms with Gasteiger partial charge >= 0.3 is 0 Å². The minimum Gasteiger partial charge on any atom is -0.309 e. The molecule has 0 spiro atoms. The van der Waals surface area contributed by atoms with E-state index < -0.39 is 0 Å². The third-order valence-corrected chi connectivity index (χ3v) is 5.52. The Balaban J connectivity index is 1.75. The number of nitrogens with zero attached hydrogens (tertiary/aromatic N) is 3. The molecular formula is C25H21N3. The minimum absolute atomic E-state index is 1.13. The topological polar surface area (TPSA) is 30.7 Å². The van der Waals surface area contributed by atoms with Gasteiger partial charge in [-0.25, -0.2) is 0 Å². The van der Waals surface area contributed by atoms with Crippen LogP contribution in [-0.4, -0.2) is 14.5 Å². The lowest BCUT2D eigenvalue weighted by molar-refractivity contribution is 1.16. The number of rotatable bonds is 2. The highest BCUT2D eigenvalue weighted by molar-refractivity contribution is 6.08. The quantitative estimate of drug-likeness (QED) is 0.376. The number of fused-ring (bicyclic) bond motifs is 3. The van der Waals surface area contributed by atoms with Crippen LogP contribution >= 0.6 is 0 Å². The first-order valence-corrected chi connectivity index (χ1v) is 9.50. The summed E-state index contributed by atoms with van der Waals surface area (Å²) in [5.41, 5.74) is 9.90. The van der Waals surface area contributed by atoms with Crippen molar-refractivity contribution in [1.82, 2.24) is 14.5 Å². The molecule has 0 saturated carbocycles. The van der Waals surface area contributed by atoms with E-state index in [0.717, 1.165) is 27.5 Å². The molecule has 5 aromatic rings. The summed E-state index contributed by atoms with van der Waals surface area (Å²) in [5, 5.41) is 2.25. The lowest BCUT2D eigenvalue weighted by Gasteiger charge is -2.14. The molecule has 0 fully saturated rings. The van der Waals surface area contributed by atoms with E-state index in [2.05, 4.69) is 83.8 Å². The van der Waals surface area contributed by atoms with Gasteiger partial charge in [-0.15, -0.1) is 0 Å². The van der Waals surface area contributed by atoms with Crippen molar-refractivity contribution in [3.05, 3.63) is 90.0 Å². The van der Waals surface area contributed by atoms with E-state index in [1.807, 2.05) is 24.8 Å². The predicted octanol–water partition coefficient (Wildman–Crippen LogP) is 6.17. The van der Waals surface area contributed by atoms with Crippen molar-refractivity contribution >= 4 is 21.8 Å². The summed E-state index contributed by atoms with van der Waals surface area (Å²) in [6.45, 7) is 6.51. The summed E-state index contributed by atoms with van der Waals surface area (Å²) < 4.78 is 2.30. The SMILES string of the molecule is Cc1ccc(C)c(-c2ccc(-n3c4ccncc4c4cnccc43)cc2C)c1. The Kier molecular flexibility index (Phi) is 3.76. The van der Waals surface area contributed by atoms with Gasteiger partial charge in [-0.3, -0.25) is 9.97 Å². The van der Waals surface area contributed by atoms with Crippen LogP contribution in [0.5, 0.6) is 0 Å². The molecule has 28 heavy (non-hydrogen) atoms. The van der Waals surface area contributed by atoms with Gasteiger partial charge in [0, 0.05) is 41.2 Å². The Bertz CT molecular complexity index is 1290. The summed E-state index contributed by atoms with van der Waals surface area (Å²) in [6.07, 6.45) is 7.55. The molecule has 0 radical (unpaired) electrons. The fourth-order valence-corrected chi connectivity index (χ4v) is 4.10. The highest BCUT2D eigenvalue weighted by Crippen LogP contribution is 2.33. The van der Waals surface area contributed by atoms with Gasteiger partial charge in [-0.05, 0) is 67.3 Å². The summed E-state index contributed by atoms with van der Waals surface area (Å²) in [6, 6.07) is 17.5. The second-order valence-electron chi connectivity index (χ2n) is 7.44. The van der Waals surface area contributed by atoms with Crippen molar-refractivity contribution in [3.63, 3.8) is 0 Å². The number of pyridine rings is 2. The number of hydrogen-bond acceptors (Lipinski definition) is 2. The second kappa shape index (κ2) is 6.31. The van der Waals surface area contributed by atoms with Crippen LogP contribution in [0, 0.1) is 20.8 Å². The Morgan fingerprint density at radius 3 is 1.96 bits per heavy atom. The first kappa shape index (κ1) is 16.7. The van der Waals surface area contributed by atoms with E-state index in [9.17, 15) is 0 Å². The lowest BCUT2D eigenvalue weighted by atomic mass is 9.95. The molecule has 0 aliphatic heterocycles. The molecule has 5 rings (SSSR count). The highest BCUT2D eigenvalue weighted by Gasteiger charge is 2.13. The zero-order chi connectivity index (χ0) is 19.3. The van der Waals surface area contributed by atoms with Gasteiger partial charge in [0.2, 0.25) is 0 Å². The molecule has 136 valence electrons. The van der Waals surface area contributed by atoms with Crippen molar-refractivity contribution in [2.75, 3.05) is 0 Å². The summed E-state index contributed by atoms with van der Waals surface area (Å²) in [4.78, 5) is 8.64. The molecule has 0 N–H and O–H groups in total. The summed E-state index contributed by atoms with van der Waals surface area (Å²) in [7, 11) is 0. The van der Waals surface area contributed by atoms with Crippen LogP contribution in [0.1, 0.15) is 16.7 Å². The van der Waals surface area contributed by atoms with Crippen LogP contribution in [0.2, 0.25) is 0 Å². The number of benzene rings is 2. The molecule has 0 unspecified atom stereocenters. The Morgan fingerprint density at radius 2 is 1.32 bits per heavy atom. The highest BCUT2D eigenvalue weighted by atomic mass is 15.0. The van der Waals surface area contributed by atoms with Gasteiger partial charge < -0.3 is 4.57 Å². The molecule has 0 amide bonds. The van der Waals surface area contributed by atoms with E-state index >= 15 is 0 Å². The Morgan fingerprint density at radius 1 is 0.643 bits per heavy atom. The van der Waals surface area contributed by atoms with E-state index in [4.69, 9.17) is 0 Å². The van der Waals surface area contributed by atoms with Crippen LogP contribution < -0.4 is 0 Å². The van der Waals surface area contributed by atoms with Crippen molar-refractivity contribution in [3.8, 4) is 16.8 Å². The van der Waals surface area contributed by atoms with Crippen molar-refractivity contribution < 1.29 is 0 Å². The van der Waals surface area contributed by atoms with Gasteiger partial charge in [0.15, 0.2) is 0 Å². The zero-order valence-electron chi connectivity index (χ0n) is 16.3. The Hall–Kier alpha value is -3.46. The van der Waals surface area contributed by atoms with Crippen LogP contribution in [0.15, 0.2) is 73.3 Å². The first-order valence-electron chi connectivity index (χ1n) is 9.50. The van der Waals surface area contributed by atoms with Crippen molar-refractivity contribution in [1.29, 1.82) is 0 Å². The maximum absolute atomic E-state index is 4.32. The van der Waals surface area contributed by atoms with E-state index in [1.165, 1.54) is 27.8 Å². The molecule has 2 aromatic carbocycles. The largest absolute Gasteiger partial charge is 0.309 e. The third-order valence-electron chi connectivity index (χ3n) is 5.52. The molecule has 0 aliphatic carbocycles. The monoisotopic (exact) mass is 363 g/mol. The average molecular weight is 363 g/mol. The molecule has 0 atom stereocenters. The van der Waals surface area contributed by atoms with Gasteiger partial charge in [0.1, 0.15) is 0 Å². The van der Waals surface area contributed by atoms with Gasteiger partial charge in [0.05, 0.1) is 11.0 Å². The maximum atomic E-state index is 4.32. The fourth-order valence-electron chi connectivity index (χ4n) is 4.10. The molecule has 0 saturated heterocycles. The smallest absolute Gasteiger partial charge is 0.0572 e. The van der Waals surface area contributed by atoms with E-state index in [-0.39, 0.29) is 0 Å².